The van der Waals surface area contributed by atoms with Crippen LogP contribution in [0.2, 0.25) is 5.02 Å². The van der Waals surface area contributed by atoms with Crippen LogP contribution in [0.5, 0.6) is 0 Å². The molecule has 1 aliphatic rings. The van der Waals surface area contributed by atoms with Gasteiger partial charge in [-0.2, -0.15) is 13.2 Å². The van der Waals surface area contributed by atoms with E-state index in [1.165, 1.54) is 37.5 Å². The highest BCUT2D eigenvalue weighted by Crippen LogP contribution is 2.38. The van der Waals surface area contributed by atoms with Gasteiger partial charge in [0.1, 0.15) is 5.76 Å². The maximum atomic E-state index is 13.3. The van der Waals surface area contributed by atoms with Gasteiger partial charge in [-0.05, 0) is 49.4 Å². The second kappa shape index (κ2) is 9.59. The van der Waals surface area contributed by atoms with Gasteiger partial charge in [-0.25, -0.2) is 13.3 Å². The van der Waals surface area contributed by atoms with Crippen molar-refractivity contribution in [3.8, 4) is 0 Å². The van der Waals surface area contributed by atoms with E-state index in [1.54, 1.807) is 6.92 Å². The van der Waals surface area contributed by atoms with Gasteiger partial charge in [0.15, 0.2) is 0 Å². The van der Waals surface area contributed by atoms with Crippen molar-refractivity contribution < 1.29 is 35.9 Å². The zero-order valence-electron chi connectivity index (χ0n) is 18.3. The fourth-order valence-corrected chi connectivity index (χ4v) is 4.60. The maximum Gasteiger partial charge on any atom is 0.416 e. The number of halogens is 4. The Balaban J connectivity index is 2.04. The molecule has 1 N–H and O–H groups in total. The van der Waals surface area contributed by atoms with E-state index in [9.17, 15) is 31.2 Å². The van der Waals surface area contributed by atoms with Crippen molar-refractivity contribution in [2.24, 2.45) is 0 Å². The van der Waals surface area contributed by atoms with Gasteiger partial charge in [0.05, 0.1) is 45.1 Å². The van der Waals surface area contributed by atoms with Gasteiger partial charge in [0.2, 0.25) is 0 Å². The molecule has 0 spiro atoms. The predicted octanol–water partition coefficient (Wildman–Crippen LogP) is 5.38. The quantitative estimate of drug-likeness (QED) is 0.297. The van der Waals surface area contributed by atoms with Crippen LogP contribution in [-0.2, 0) is 20.9 Å². The van der Waals surface area contributed by atoms with E-state index in [4.69, 9.17) is 16.3 Å². The first kappa shape index (κ1) is 26.0. The molecule has 0 bridgehead atoms. The number of ether oxygens (including phenoxy) is 1. The highest BCUT2D eigenvalue weighted by atomic mass is 35.5. The number of methoxy groups -OCH3 is 1. The molecule has 0 aliphatic carbocycles. The van der Waals surface area contributed by atoms with E-state index in [0.29, 0.717) is 12.1 Å². The second-order valence-electron chi connectivity index (χ2n) is 7.09. The number of carbonyl (C=O) groups excluding carboxylic acids is 2. The van der Waals surface area contributed by atoms with Crippen LogP contribution >= 0.6 is 11.6 Å². The maximum absolute atomic E-state index is 13.3. The van der Waals surface area contributed by atoms with E-state index in [2.05, 4.69) is 11.3 Å². The van der Waals surface area contributed by atoms with Gasteiger partial charge in [0.25, 0.3) is 21.8 Å². The standard InChI is InChI=1S/C23H18ClF3N2O5S/c1-4-14(12-15(5-2)34-3)29-21(30)19-17(24)10-11-18(20(19)22(29)31)28-35(32,33)16-8-6-13(7-9-16)23(25,26)27/h4-12,28H,2H2,1,3H3/b14-4+,15-12+. The topological polar surface area (TPSA) is 92.8 Å². The Hall–Kier alpha value is -3.57. The minimum atomic E-state index is -4.64. The Morgan fingerprint density at radius 2 is 1.69 bits per heavy atom. The average Bonchev–Trinajstić information content (AvgIpc) is 3.07. The normalized spacial score (nSPS) is 14.7. The molecule has 0 saturated heterocycles. The van der Waals surface area contributed by atoms with E-state index in [0.717, 1.165) is 17.0 Å². The molecular formula is C23H18ClF3N2O5S. The molecule has 2 amide bonds. The van der Waals surface area contributed by atoms with Crippen LogP contribution < -0.4 is 4.72 Å². The number of benzene rings is 2. The third kappa shape index (κ3) is 4.96. The summed E-state index contributed by atoms with van der Waals surface area (Å²) in [5.74, 6) is -1.40. The van der Waals surface area contributed by atoms with E-state index < -0.39 is 38.5 Å². The second-order valence-corrected chi connectivity index (χ2v) is 9.18. The lowest BCUT2D eigenvalue weighted by Gasteiger charge is -2.16. The lowest BCUT2D eigenvalue weighted by Crippen LogP contribution is -2.28. The van der Waals surface area contributed by atoms with Crippen LogP contribution in [0.1, 0.15) is 33.2 Å². The van der Waals surface area contributed by atoms with Gasteiger partial charge >= 0.3 is 6.18 Å². The van der Waals surface area contributed by atoms with E-state index >= 15 is 0 Å². The van der Waals surface area contributed by atoms with Gasteiger partial charge < -0.3 is 4.74 Å². The molecule has 12 heteroatoms. The lowest BCUT2D eigenvalue weighted by atomic mass is 10.1. The van der Waals surface area contributed by atoms with Crippen LogP contribution in [0.4, 0.5) is 18.9 Å². The summed E-state index contributed by atoms with van der Waals surface area (Å²) in [7, 11) is -3.05. The molecule has 3 rings (SSSR count). The van der Waals surface area contributed by atoms with Crippen LogP contribution in [0.25, 0.3) is 0 Å². The van der Waals surface area contributed by atoms with Crippen LogP contribution in [0.3, 0.4) is 0 Å². The van der Waals surface area contributed by atoms with Crippen molar-refractivity contribution in [3.63, 3.8) is 0 Å². The number of hydrogen-bond acceptors (Lipinski definition) is 5. The number of carbonyl (C=O) groups is 2. The number of alkyl halides is 3. The fraction of sp³-hybridized carbons (Fsp3) is 0.130. The number of anilines is 1. The zero-order valence-corrected chi connectivity index (χ0v) is 19.9. The largest absolute Gasteiger partial charge is 0.497 e. The Kier molecular flexibility index (Phi) is 7.13. The zero-order chi connectivity index (χ0) is 26.1. The minimum absolute atomic E-state index is 0.0894. The smallest absolute Gasteiger partial charge is 0.416 e. The molecule has 184 valence electrons. The Labute approximate surface area is 204 Å². The summed E-state index contributed by atoms with van der Waals surface area (Å²) in [6.45, 7) is 5.14. The molecule has 0 radical (unpaired) electrons. The Morgan fingerprint density at radius 1 is 1.09 bits per heavy atom. The first-order valence-electron chi connectivity index (χ1n) is 9.81. The number of nitrogens with one attached hydrogen (secondary N) is 1. The van der Waals surface area contributed by atoms with E-state index in [-0.39, 0.29) is 33.3 Å². The number of nitrogens with zero attached hydrogens (tertiary/aromatic N) is 1. The highest BCUT2D eigenvalue weighted by Gasteiger charge is 2.41. The molecule has 7 nitrogen and oxygen atoms in total. The van der Waals surface area contributed by atoms with Gasteiger partial charge in [0, 0.05) is 6.08 Å². The summed E-state index contributed by atoms with van der Waals surface area (Å²) in [6, 6.07) is 5.22. The number of fused-ring (bicyclic) bond motifs is 1. The summed E-state index contributed by atoms with van der Waals surface area (Å²) in [5, 5.41) is -0.0894. The van der Waals surface area contributed by atoms with Gasteiger partial charge in [-0.15, -0.1) is 0 Å². The monoisotopic (exact) mass is 526 g/mol. The molecule has 0 aromatic heterocycles. The fourth-order valence-electron chi connectivity index (χ4n) is 3.29. The molecule has 2 aromatic carbocycles. The molecular weight excluding hydrogens is 509 g/mol. The molecule has 0 atom stereocenters. The number of sulfonamides is 1. The number of hydrogen-bond donors (Lipinski definition) is 1. The number of amides is 2. The molecule has 1 aliphatic heterocycles. The molecule has 0 saturated carbocycles. The SMILES string of the molecule is C=C/C(=C\C(=C/C)N1C(=O)c2c(Cl)ccc(NS(=O)(=O)c3ccc(C(F)(F)F)cc3)c2C1=O)OC. The van der Waals surface area contributed by atoms with Crippen LogP contribution in [-0.4, -0.2) is 32.2 Å². The van der Waals surface area contributed by atoms with Crippen LogP contribution in [0.15, 0.2) is 77.6 Å². The van der Waals surface area contributed by atoms with Crippen molar-refractivity contribution >= 4 is 39.1 Å². The van der Waals surface area contributed by atoms with Crippen molar-refractivity contribution in [3.05, 3.63) is 94.4 Å². The molecule has 2 aromatic rings. The summed E-state index contributed by atoms with van der Waals surface area (Å²) in [6.07, 6.45) is -0.437. The van der Waals surface area contributed by atoms with Crippen molar-refractivity contribution in [1.29, 1.82) is 0 Å². The number of rotatable bonds is 7. The molecule has 0 fully saturated rings. The molecule has 1 heterocycles. The summed E-state index contributed by atoms with van der Waals surface area (Å²) in [5.41, 5.74) is -1.69. The summed E-state index contributed by atoms with van der Waals surface area (Å²) >= 11 is 6.16. The van der Waals surface area contributed by atoms with E-state index in [1.807, 2.05) is 0 Å². The van der Waals surface area contributed by atoms with Gasteiger partial charge in [-0.1, -0.05) is 24.3 Å². The minimum Gasteiger partial charge on any atom is -0.497 e. The van der Waals surface area contributed by atoms with Crippen molar-refractivity contribution in [2.75, 3.05) is 11.8 Å². The third-order valence-corrected chi connectivity index (χ3v) is 6.70. The first-order valence-corrected chi connectivity index (χ1v) is 11.7. The highest BCUT2D eigenvalue weighted by molar-refractivity contribution is 7.92. The van der Waals surface area contributed by atoms with Crippen LogP contribution in [0, 0.1) is 0 Å². The number of imide groups is 1. The molecule has 0 unspecified atom stereocenters. The summed E-state index contributed by atoms with van der Waals surface area (Å²) < 4.78 is 71.4. The molecule has 35 heavy (non-hydrogen) atoms. The third-order valence-electron chi connectivity index (χ3n) is 5.01. The first-order chi connectivity index (χ1) is 16.3. The van der Waals surface area contributed by atoms with Crippen molar-refractivity contribution in [1.82, 2.24) is 4.90 Å². The van der Waals surface area contributed by atoms with Gasteiger partial charge in [-0.3, -0.25) is 14.3 Å². The Morgan fingerprint density at radius 3 is 2.20 bits per heavy atom. The number of allylic oxidation sites excluding steroid dienone is 3. The summed E-state index contributed by atoms with van der Waals surface area (Å²) in [4.78, 5) is 26.7. The Bertz CT molecular complexity index is 1380. The predicted molar refractivity (Wildman–Crippen MR) is 123 cm³/mol. The lowest BCUT2D eigenvalue weighted by molar-refractivity contribution is -0.137. The van der Waals surface area contributed by atoms with Crippen molar-refractivity contribution in [2.45, 2.75) is 18.0 Å². The average molecular weight is 527 g/mol.